The van der Waals surface area contributed by atoms with Crippen molar-refractivity contribution in [2.75, 3.05) is 20.3 Å². The van der Waals surface area contributed by atoms with E-state index in [4.69, 9.17) is 14.2 Å². The Morgan fingerprint density at radius 1 is 1.37 bits per heavy atom. The number of hydrogen-bond acceptors (Lipinski definition) is 7. The summed E-state index contributed by atoms with van der Waals surface area (Å²) in [7, 11) is -2.08. The number of aryl methyl sites for hydroxylation is 1. The van der Waals surface area contributed by atoms with Gasteiger partial charge in [0.2, 0.25) is 0 Å². The van der Waals surface area contributed by atoms with E-state index >= 15 is 0 Å². The van der Waals surface area contributed by atoms with Gasteiger partial charge in [-0.1, -0.05) is 12.1 Å². The molecule has 1 saturated heterocycles. The number of benzene rings is 1. The number of ether oxygens (including phenoxy) is 3. The van der Waals surface area contributed by atoms with Crippen LogP contribution in [0.2, 0.25) is 0 Å². The van der Waals surface area contributed by atoms with Crippen LogP contribution in [0.4, 0.5) is 0 Å². The van der Waals surface area contributed by atoms with Crippen molar-refractivity contribution in [1.29, 1.82) is 0 Å². The minimum atomic E-state index is -3.60. The van der Waals surface area contributed by atoms with Crippen LogP contribution in [0.15, 0.2) is 35.2 Å². The second-order valence-corrected chi connectivity index (χ2v) is 10.1. The molecule has 2 atom stereocenters. The molecule has 3 rings (SSSR count). The Hall–Kier alpha value is -2.23. The second-order valence-electron chi connectivity index (χ2n) is 7.68. The lowest BCUT2D eigenvalue weighted by molar-refractivity contribution is -0.00919. The molecule has 2 aromatic rings. The van der Waals surface area contributed by atoms with Crippen LogP contribution in [0.25, 0.3) is 0 Å². The molecule has 2 unspecified atom stereocenters. The normalized spacial score (nSPS) is 22.1. The minimum absolute atomic E-state index is 0.107. The Morgan fingerprint density at radius 3 is 2.80 bits per heavy atom. The van der Waals surface area contributed by atoms with E-state index in [2.05, 4.69) is 5.10 Å². The second kappa shape index (κ2) is 8.87. The van der Waals surface area contributed by atoms with Crippen LogP contribution in [-0.4, -0.2) is 49.2 Å². The monoisotopic (exact) mass is 436 g/mol. The zero-order valence-corrected chi connectivity index (χ0v) is 18.6. The van der Waals surface area contributed by atoms with Gasteiger partial charge < -0.3 is 14.2 Å². The van der Waals surface area contributed by atoms with Crippen LogP contribution in [0, 0.1) is 6.92 Å². The van der Waals surface area contributed by atoms with E-state index in [0.29, 0.717) is 17.0 Å². The summed E-state index contributed by atoms with van der Waals surface area (Å²) in [6.07, 6.45) is 0.0679. The van der Waals surface area contributed by atoms with Crippen LogP contribution in [0.5, 0.6) is 0 Å². The lowest BCUT2D eigenvalue weighted by Crippen LogP contribution is -2.42. The molecule has 0 saturated carbocycles. The number of nitrogens with zero attached hydrogens (tertiary/aromatic N) is 2. The maximum atomic E-state index is 13.5. The van der Waals surface area contributed by atoms with Crippen molar-refractivity contribution in [2.45, 2.75) is 56.1 Å². The largest absolute Gasteiger partial charge is 0.461 e. The van der Waals surface area contributed by atoms with Gasteiger partial charge in [-0.25, -0.2) is 17.9 Å². The molecule has 0 N–H and O–H groups in total. The van der Waals surface area contributed by atoms with Crippen molar-refractivity contribution >= 4 is 15.8 Å². The molecule has 0 aliphatic carbocycles. The fourth-order valence-corrected chi connectivity index (χ4v) is 5.58. The van der Waals surface area contributed by atoms with Crippen LogP contribution in [0.3, 0.4) is 0 Å². The first kappa shape index (κ1) is 22.5. The van der Waals surface area contributed by atoms with E-state index < -0.39 is 26.7 Å². The Kier molecular flexibility index (Phi) is 6.64. The molecule has 1 fully saturated rings. The summed E-state index contributed by atoms with van der Waals surface area (Å²) < 4.78 is 43.6. The quantitative estimate of drug-likeness (QED) is 0.615. The third kappa shape index (κ3) is 4.28. The molecule has 1 aromatic heterocycles. The third-order valence-electron chi connectivity index (χ3n) is 5.39. The molecule has 1 aliphatic heterocycles. The van der Waals surface area contributed by atoms with E-state index in [1.165, 1.54) is 11.8 Å². The number of aromatic nitrogens is 2. The summed E-state index contributed by atoms with van der Waals surface area (Å²) >= 11 is 0. The van der Waals surface area contributed by atoms with Gasteiger partial charge in [0, 0.05) is 13.7 Å². The fraction of sp³-hybridized carbons (Fsp3) is 0.524. The molecule has 1 aromatic carbocycles. The van der Waals surface area contributed by atoms with Crippen molar-refractivity contribution in [1.82, 2.24) is 9.78 Å². The van der Waals surface area contributed by atoms with E-state index in [0.717, 1.165) is 5.56 Å². The first-order chi connectivity index (χ1) is 14.2. The Bertz CT molecular complexity index is 1020. The molecular weight excluding hydrogens is 408 g/mol. The van der Waals surface area contributed by atoms with Gasteiger partial charge in [0.1, 0.15) is 12.8 Å². The van der Waals surface area contributed by atoms with Crippen LogP contribution >= 0.6 is 0 Å². The van der Waals surface area contributed by atoms with Crippen LogP contribution in [-0.2, 0) is 30.8 Å². The average Bonchev–Trinajstić information content (AvgIpc) is 3.12. The average molecular weight is 437 g/mol. The lowest BCUT2D eigenvalue weighted by atomic mass is 9.94. The van der Waals surface area contributed by atoms with Gasteiger partial charge in [-0.05, 0) is 57.4 Å². The zero-order chi connectivity index (χ0) is 21.9. The molecular formula is C21H28N2O6S. The van der Waals surface area contributed by atoms with Gasteiger partial charge >= 0.3 is 5.97 Å². The summed E-state index contributed by atoms with van der Waals surface area (Å²) in [4.78, 5) is 12.4. The Morgan fingerprint density at radius 2 is 2.13 bits per heavy atom. The number of hydrogen-bond donors (Lipinski definition) is 0. The first-order valence-electron chi connectivity index (χ1n) is 9.88. The highest BCUT2D eigenvalue weighted by molar-refractivity contribution is 7.92. The number of methoxy groups -OCH3 is 1. The Labute approximate surface area is 177 Å². The third-order valence-corrected chi connectivity index (χ3v) is 7.94. The lowest BCUT2D eigenvalue weighted by Gasteiger charge is -2.37. The molecule has 0 amide bonds. The maximum absolute atomic E-state index is 13.5. The molecule has 30 heavy (non-hydrogen) atoms. The van der Waals surface area contributed by atoms with Gasteiger partial charge in [-0.2, -0.15) is 5.10 Å². The molecule has 9 heteroatoms. The minimum Gasteiger partial charge on any atom is -0.461 e. The van der Waals surface area contributed by atoms with Gasteiger partial charge in [0.25, 0.3) is 0 Å². The molecule has 0 radical (unpaired) electrons. The van der Waals surface area contributed by atoms with Crippen molar-refractivity contribution in [3.8, 4) is 0 Å². The molecule has 2 heterocycles. The van der Waals surface area contributed by atoms with Gasteiger partial charge in [0.05, 0.1) is 21.9 Å². The number of sulfone groups is 1. The molecule has 0 spiro atoms. The molecule has 1 aliphatic rings. The summed E-state index contributed by atoms with van der Waals surface area (Å²) in [6.45, 7) is 5.96. The van der Waals surface area contributed by atoms with Crippen molar-refractivity contribution in [3.63, 3.8) is 0 Å². The number of rotatable bonds is 7. The standard InChI is InChI=1S/C21H28N2O6S/c1-5-28-20(24)17-12-18(23(22-17)14-27-4)19-13-21(3,9-10-29-19)30(25,26)16-8-6-7-15(2)11-16/h6-8,11-12,19H,5,9-10,13-14H2,1-4H3. The summed E-state index contributed by atoms with van der Waals surface area (Å²) in [5.41, 5.74) is 1.62. The molecule has 0 bridgehead atoms. The summed E-state index contributed by atoms with van der Waals surface area (Å²) in [5, 5.41) is 4.26. The smallest absolute Gasteiger partial charge is 0.358 e. The first-order valence-corrected chi connectivity index (χ1v) is 11.4. The maximum Gasteiger partial charge on any atom is 0.358 e. The van der Waals surface area contributed by atoms with Crippen LogP contribution < -0.4 is 0 Å². The molecule has 8 nitrogen and oxygen atoms in total. The van der Waals surface area contributed by atoms with E-state index in [1.54, 1.807) is 38.1 Å². The van der Waals surface area contributed by atoms with E-state index in [-0.39, 0.29) is 32.1 Å². The van der Waals surface area contributed by atoms with E-state index in [9.17, 15) is 13.2 Å². The van der Waals surface area contributed by atoms with Gasteiger partial charge in [-0.3, -0.25) is 0 Å². The van der Waals surface area contributed by atoms with Crippen LogP contribution in [0.1, 0.15) is 54.5 Å². The number of esters is 1. The predicted molar refractivity (Wildman–Crippen MR) is 110 cm³/mol. The van der Waals surface area contributed by atoms with Crippen molar-refractivity contribution < 1.29 is 27.4 Å². The SMILES string of the molecule is CCOC(=O)c1cc(C2CC(C)(S(=O)(=O)c3cccc(C)c3)CCO2)n(COC)n1. The highest BCUT2D eigenvalue weighted by Crippen LogP contribution is 2.42. The highest BCUT2D eigenvalue weighted by atomic mass is 32.2. The summed E-state index contributed by atoms with van der Waals surface area (Å²) in [5.74, 6) is -0.542. The summed E-state index contributed by atoms with van der Waals surface area (Å²) in [6, 6.07) is 8.54. The van der Waals surface area contributed by atoms with E-state index in [1.807, 2.05) is 13.0 Å². The van der Waals surface area contributed by atoms with Gasteiger partial charge in [0.15, 0.2) is 15.5 Å². The zero-order valence-electron chi connectivity index (χ0n) is 17.8. The predicted octanol–water partition coefficient (Wildman–Crippen LogP) is 3.06. The van der Waals surface area contributed by atoms with Gasteiger partial charge in [-0.15, -0.1) is 0 Å². The number of carbonyl (C=O) groups excluding carboxylic acids is 1. The fourth-order valence-electron chi connectivity index (χ4n) is 3.69. The van der Waals surface area contributed by atoms with Crippen molar-refractivity contribution in [3.05, 3.63) is 47.3 Å². The number of carbonyl (C=O) groups is 1. The topological polar surface area (TPSA) is 96.7 Å². The van der Waals surface area contributed by atoms with Crippen molar-refractivity contribution in [2.24, 2.45) is 0 Å². The highest BCUT2D eigenvalue weighted by Gasteiger charge is 2.46. The Balaban J connectivity index is 1.94. The molecule has 164 valence electrons.